The van der Waals surface area contributed by atoms with Crippen molar-refractivity contribution in [2.24, 2.45) is 11.7 Å². The molecule has 1 atom stereocenters. The highest BCUT2D eigenvalue weighted by molar-refractivity contribution is 7.89. The summed E-state index contributed by atoms with van der Waals surface area (Å²) in [5.41, 5.74) is 5.30. The van der Waals surface area contributed by atoms with Crippen LogP contribution < -0.4 is 15.8 Å². The summed E-state index contributed by atoms with van der Waals surface area (Å²) in [4.78, 5) is 4.15. The summed E-state index contributed by atoms with van der Waals surface area (Å²) >= 11 is 6.05. The minimum Gasteiger partial charge on any atom is -0.370 e. The average Bonchev–Trinajstić information content (AvgIpc) is 2.57. The monoisotopic (exact) mass is 383 g/mol. The lowest BCUT2D eigenvalue weighted by Gasteiger charge is -2.18. The van der Waals surface area contributed by atoms with E-state index < -0.39 is 10.0 Å². The Balaban J connectivity index is 2.21. The van der Waals surface area contributed by atoms with Crippen LogP contribution in [0, 0.1) is 11.3 Å². The maximum atomic E-state index is 12.7. The molecule has 0 fully saturated rings. The Kier molecular flexibility index (Phi) is 6.57. The molecule has 0 spiro atoms. The lowest BCUT2D eigenvalue weighted by Crippen LogP contribution is -2.39. The topological polar surface area (TPSA) is 121 Å². The van der Waals surface area contributed by atoms with E-state index in [9.17, 15) is 8.42 Å². The number of pyridine rings is 1. The molecule has 2 aromatic rings. The molecule has 0 aliphatic carbocycles. The Labute approximate surface area is 152 Å². The van der Waals surface area contributed by atoms with E-state index >= 15 is 0 Å². The standard InChI is InChI=1S/C16H22ClN5O2S/c1-2-4-11(9-21-16(18)19)10-22-25(23,24)14-6-3-5-13-12(14)7-8-20-15(13)17/h3,5-8,11,22H,2,4,9-10H2,1H3,(H4,18,19,21). The highest BCUT2D eigenvalue weighted by Gasteiger charge is 2.20. The number of nitrogens with zero attached hydrogens (tertiary/aromatic N) is 1. The van der Waals surface area contributed by atoms with Crippen LogP contribution in [0.1, 0.15) is 19.8 Å². The first-order chi connectivity index (χ1) is 11.8. The van der Waals surface area contributed by atoms with E-state index in [1.807, 2.05) is 6.92 Å². The fourth-order valence-corrected chi connectivity index (χ4v) is 4.18. The molecule has 1 aromatic carbocycles. The zero-order chi connectivity index (χ0) is 18.4. The van der Waals surface area contributed by atoms with Crippen LogP contribution in [0.4, 0.5) is 0 Å². The Morgan fingerprint density at radius 1 is 1.32 bits per heavy atom. The molecule has 7 nitrogen and oxygen atoms in total. The minimum atomic E-state index is -3.70. The van der Waals surface area contributed by atoms with Gasteiger partial charge in [-0.2, -0.15) is 0 Å². The summed E-state index contributed by atoms with van der Waals surface area (Å²) in [6.45, 7) is 2.72. The maximum Gasteiger partial charge on any atom is 0.241 e. The minimum absolute atomic E-state index is 0.0314. The first kappa shape index (κ1) is 19.4. The van der Waals surface area contributed by atoms with Gasteiger partial charge in [0.2, 0.25) is 10.0 Å². The molecule has 0 saturated heterocycles. The summed E-state index contributed by atoms with van der Waals surface area (Å²) in [5.74, 6) is -0.0935. The number of benzene rings is 1. The number of halogens is 1. The molecule has 2 rings (SSSR count). The fraction of sp³-hybridized carbons (Fsp3) is 0.375. The predicted octanol–water partition coefficient (Wildman–Crippen LogP) is 2.07. The van der Waals surface area contributed by atoms with Gasteiger partial charge in [-0.05, 0) is 24.5 Å². The molecular formula is C16H22ClN5O2S. The number of nitrogens with two attached hydrogens (primary N) is 1. The van der Waals surface area contributed by atoms with E-state index in [4.69, 9.17) is 22.7 Å². The van der Waals surface area contributed by atoms with Crippen molar-refractivity contribution in [2.45, 2.75) is 24.7 Å². The Bertz CT molecular complexity index is 857. The van der Waals surface area contributed by atoms with Crippen LogP contribution in [0.2, 0.25) is 5.15 Å². The van der Waals surface area contributed by atoms with E-state index in [2.05, 4.69) is 15.0 Å². The second-order valence-corrected chi connectivity index (χ2v) is 7.85. The number of hydrogen-bond donors (Lipinski definition) is 4. The van der Waals surface area contributed by atoms with E-state index in [-0.39, 0.29) is 28.5 Å². The Hall–Kier alpha value is -1.90. The van der Waals surface area contributed by atoms with Gasteiger partial charge < -0.3 is 11.1 Å². The molecule has 0 aliphatic rings. The second-order valence-electron chi connectivity index (χ2n) is 5.75. The third kappa shape index (κ3) is 5.04. The van der Waals surface area contributed by atoms with Crippen molar-refractivity contribution in [3.8, 4) is 0 Å². The largest absolute Gasteiger partial charge is 0.370 e. The number of sulfonamides is 1. The number of rotatable bonds is 8. The molecule has 1 heterocycles. The average molecular weight is 384 g/mol. The van der Waals surface area contributed by atoms with Gasteiger partial charge >= 0.3 is 0 Å². The van der Waals surface area contributed by atoms with Crippen LogP contribution in [0.15, 0.2) is 35.4 Å². The molecule has 25 heavy (non-hydrogen) atoms. The Morgan fingerprint density at radius 3 is 2.76 bits per heavy atom. The summed E-state index contributed by atoms with van der Waals surface area (Å²) < 4.78 is 28.1. The zero-order valence-electron chi connectivity index (χ0n) is 13.9. The number of fused-ring (bicyclic) bond motifs is 1. The van der Waals surface area contributed by atoms with Gasteiger partial charge in [0, 0.05) is 30.1 Å². The van der Waals surface area contributed by atoms with Gasteiger partial charge in [0.1, 0.15) is 5.15 Å². The highest BCUT2D eigenvalue weighted by atomic mass is 35.5. The van der Waals surface area contributed by atoms with Gasteiger partial charge in [-0.3, -0.25) is 5.41 Å². The van der Waals surface area contributed by atoms with Crippen LogP contribution in [0.3, 0.4) is 0 Å². The van der Waals surface area contributed by atoms with Crippen molar-refractivity contribution in [1.82, 2.24) is 15.0 Å². The lowest BCUT2D eigenvalue weighted by molar-refractivity contribution is 0.461. The van der Waals surface area contributed by atoms with E-state index in [1.165, 1.54) is 6.20 Å². The van der Waals surface area contributed by atoms with Gasteiger partial charge in [-0.25, -0.2) is 18.1 Å². The summed E-state index contributed by atoms with van der Waals surface area (Å²) in [5, 5.41) is 11.4. The van der Waals surface area contributed by atoms with Crippen LogP contribution in [-0.4, -0.2) is 32.5 Å². The van der Waals surface area contributed by atoms with E-state index in [0.29, 0.717) is 17.3 Å². The van der Waals surface area contributed by atoms with Crippen LogP contribution >= 0.6 is 11.6 Å². The number of nitrogens with one attached hydrogen (secondary N) is 3. The van der Waals surface area contributed by atoms with Crippen LogP contribution in [0.25, 0.3) is 10.8 Å². The second kappa shape index (κ2) is 8.46. The molecule has 9 heteroatoms. The molecule has 0 saturated carbocycles. The summed E-state index contributed by atoms with van der Waals surface area (Å²) in [7, 11) is -3.70. The fourth-order valence-electron chi connectivity index (χ4n) is 2.62. The smallest absolute Gasteiger partial charge is 0.241 e. The third-order valence-electron chi connectivity index (χ3n) is 3.85. The zero-order valence-corrected chi connectivity index (χ0v) is 15.5. The van der Waals surface area contributed by atoms with Gasteiger partial charge in [0.05, 0.1) is 4.90 Å². The van der Waals surface area contributed by atoms with E-state index in [1.54, 1.807) is 24.3 Å². The van der Waals surface area contributed by atoms with Gasteiger partial charge in [-0.15, -0.1) is 0 Å². The van der Waals surface area contributed by atoms with Crippen LogP contribution in [0.5, 0.6) is 0 Å². The quantitative estimate of drug-likeness (QED) is 0.316. The highest BCUT2D eigenvalue weighted by Crippen LogP contribution is 2.26. The van der Waals surface area contributed by atoms with Crippen molar-refractivity contribution in [3.63, 3.8) is 0 Å². The summed E-state index contributed by atoms with van der Waals surface area (Å²) in [6.07, 6.45) is 3.20. The van der Waals surface area contributed by atoms with Crippen molar-refractivity contribution < 1.29 is 8.42 Å². The molecule has 1 unspecified atom stereocenters. The number of guanidine groups is 1. The molecule has 5 N–H and O–H groups in total. The lowest BCUT2D eigenvalue weighted by atomic mass is 10.0. The molecule has 0 bridgehead atoms. The van der Waals surface area contributed by atoms with Gasteiger partial charge in [0.25, 0.3) is 0 Å². The first-order valence-electron chi connectivity index (χ1n) is 7.96. The van der Waals surface area contributed by atoms with E-state index in [0.717, 1.165) is 12.8 Å². The first-order valence-corrected chi connectivity index (χ1v) is 9.82. The number of aromatic nitrogens is 1. The molecular weight excluding hydrogens is 362 g/mol. The molecule has 0 aliphatic heterocycles. The summed E-state index contributed by atoms with van der Waals surface area (Å²) in [6, 6.07) is 6.56. The SMILES string of the molecule is CCCC(CNC(=N)N)CNS(=O)(=O)c1cccc2c(Cl)nccc12. The van der Waals surface area contributed by atoms with Gasteiger partial charge in [-0.1, -0.05) is 37.1 Å². The normalized spacial score (nSPS) is 12.9. The molecule has 0 amide bonds. The molecule has 136 valence electrons. The molecule has 1 aromatic heterocycles. The third-order valence-corrected chi connectivity index (χ3v) is 5.63. The number of hydrogen-bond acceptors (Lipinski definition) is 4. The maximum absolute atomic E-state index is 12.7. The molecule has 0 radical (unpaired) electrons. The van der Waals surface area contributed by atoms with Crippen molar-refractivity contribution in [3.05, 3.63) is 35.6 Å². The van der Waals surface area contributed by atoms with Gasteiger partial charge in [0.15, 0.2) is 5.96 Å². The van der Waals surface area contributed by atoms with Crippen molar-refractivity contribution >= 4 is 38.4 Å². The van der Waals surface area contributed by atoms with Crippen LogP contribution in [-0.2, 0) is 10.0 Å². The Morgan fingerprint density at radius 2 is 2.08 bits per heavy atom. The van der Waals surface area contributed by atoms with Crippen molar-refractivity contribution in [2.75, 3.05) is 13.1 Å². The predicted molar refractivity (Wildman–Crippen MR) is 100 cm³/mol. The van der Waals surface area contributed by atoms with Crippen molar-refractivity contribution in [1.29, 1.82) is 5.41 Å².